The highest BCUT2D eigenvalue weighted by atomic mass is 16.6. The number of esters is 1. The maximum atomic E-state index is 12.5. The average Bonchev–Trinajstić information content (AvgIpc) is 2.67. The van der Waals surface area contributed by atoms with E-state index in [-0.39, 0.29) is 17.2 Å². The summed E-state index contributed by atoms with van der Waals surface area (Å²) in [5, 5.41) is 22.2. The molecule has 9 heteroatoms. The molecule has 2 rings (SSSR count). The van der Waals surface area contributed by atoms with E-state index in [4.69, 9.17) is 9.47 Å². The SMILES string of the molecule is COC(=O)[C@H](C1CCN(C(=O)OC(C)(C)C)CC1)[C@H](O)c1ccccc1[N+](=O)[O-]. The second-order valence-electron chi connectivity index (χ2n) is 8.11. The van der Waals surface area contributed by atoms with Crippen LogP contribution >= 0.6 is 0 Å². The number of aliphatic hydroxyl groups is 1. The predicted molar refractivity (Wildman–Crippen MR) is 104 cm³/mol. The fraction of sp³-hybridized carbons (Fsp3) is 0.600. The zero-order chi connectivity index (χ0) is 21.8. The predicted octanol–water partition coefficient (Wildman–Crippen LogP) is 3.06. The lowest BCUT2D eigenvalue weighted by molar-refractivity contribution is -0.386. The lowest BCUT2D eigenvalue weighted by Gasteiger charge is -2.37. The molecule has 0 aliphatic carbocycles. The molecule has 2 atom stereocenters. The van der Waals surface area contributed by atoms with E-state index in [2.05, 4.69) is 0 Å². The summed E-state index contributed by atoms with van der Waals surface area (Å²) < 4.78 is 10.2. The summed E-state index contributed by atoms with van der Waals surface area (Å²) >= 11 is 0. The van der Waals surface area contributed by atoms with E-state index in [0.717, 1.165) is 0 Å². The van der Waals surface area contributed by atoms with Crippen molar-refractivity contribution in [3.8, 4) is 0 Å². The molecule has 0 spiro atoms. The highest BCUT2D eigenvalue weighted by Crippen LogP contribution is 2.38. The van der Waals surface area contributed by atoms with Crippen molar-refractivity contribution in [2.75, 3.05) is 20.2 Å². The number of ether oxygens (including phenoxy) is 2. The van der Waals surface area contributed by atoms with Gasteiger partial charge < -0.3 is 19.5 Å². The number of carbonyl (C=O) groups is 2. The first-order valence-electron chi connectivity index (χ1n) is 9.52. The van der Waals surface area contributed by atoms with Gasteiger partial charge in [-0.25, -0.2) is 4.79 Å². The van der Waals surface area contributed by atoms with E-state index in [0.29, 0.717) is 25.9 Å². The first-order chi connectivity index (χ1) is 13.5. The minimum Gasteiger partial charge on any atom is -0.469 e. The van der Waals surface area contributed by atoms with Crippen molar-refractivity contribution in [2.24, 2.45) is 11.8 Å². The topological polar surface area (TPSA) is 119 Å². The van der Waals surface area contributed by atoms with Crippen LogP contribution in [0.25, 0.3) is 0 Å². The number of nitrogens with zero attached hydrogens (tertiary/aromatic N) is 2. The van der Waals surface area contributed by atoms with Crippen LogP contribution in [0.1, 0.15) is 45.3 Å². The Kier molecular flexibility index (Phi) is 7.18. The molecule has 1 aromatic carbocycles. The van der Waals surface area contributed by atoms with E-state index in [1.165, 1.54) is 25.3 Å². The Labute approximate surface area is 169 Å². The number of carbonyl (C=O) groups excluding carboxylic acids is 2. The van der Waals surface area contributed by atoms with Crippen molar-refractivity contribution >= 4 is 17.7 Å². The third-order valence-corrected chi connectivity index (χ3v) is 4.96. The molecule has 160 valence electrons. The van der Waals surface area contributed by atoms with Crippen LogP contribution in [0.3, 0.4) is 0 Å². The largest absolute Gasteiger partial charge is 0.469 e. The maximum Gasteiger partial charge on any atom is 0.410 e. The third-order valence-electron chi connectivity index (χ3n) is 4.96. The number of para-hydroxylation sites is 1. The van der Waals surface area contributed by atoms with E-state index < -0.39 is 34.6 Å². The first kappa shape index (κ1) is 22.6. The molecule has 29 heavy (non-hydrogen) atoms. The van der Waals surface area contributed by atoms with Crippen LogP contribution in [0.5, 0.6) is 0 Å². The van der Waals surface area contributed by atoms with Gasteiger partial charge >= 0.3 is 12.1 Å². The molecule has 1 N–H and O–H groups in total. The average molecular weight is 408 g/mol. The molecule has 1 aliphatic heterocycles. The normalized spacial score (nSPS) is 17.3. The van der Waals surface area contributed by atoms with Crippen molar-refractivity contribution in [1.82, 2.24) is 4.90 Å². The van der Waals surface area contributed by atoms with Gasteiger partial charge in [0, 0.05) is 19.2 Å². The summed E-state index contributed by atoms with van der Waals surface area (Å²) in [7, 11) is 1.22. The highest BCUT2D eigenvalue weighted by molar-refractivity contribution is 5.74. The molecule has 1 heterocycles. The number of hydrogen-bond acceptors (Lipinski definition) is 7. The minimum atomic E-state index is -1.39. The molecule has 0 unspecified atom stereocenters. The Bertz CT molecular complexity index is 751. The zero-order valence-electron chi connectivity index (χ0n) is 17.2. The van der Waals surface area contributed by atoms with Gasteiger partial charge in [0.2, 0.25) is 0 Å². The van der Waals surface area contributed by atoms with Gasteiger partial charge in [-0.1, -0.05) is 12.1 Å². The fourth-order valence-corrected chi connectivity index (χ4v) is 3.58. The maximum absolute atomic E-state index is 12.5. The Morgan fingerprint density at radius 1 is 1.24 bits per heavy atom. The zero-order valence-corrected chi connectivity index (χ0v) is 17.2. The molecule has 0 aromatic heterocycles. The monoisotopic (exact) mass is 408 g/mol. The summed E-state index contributed by atoms with van der Waals surface area (Å²) in [5.74, 6) is -1.90. The number of hydrogen-bond donors (Lipinski definition) is 1. The summed E-state index contributed by atoms with van der Waals surface area (Å²) in [6.07, 6.45) is -0.931. The van der Waals surface area contributed by atoms with Gasteiger partial charge in [-0.2, -0.15) is 0 Å². The quantitative estimate of drug-likeness (QED) is 0.452. The van der Waals surface area contributed by atoms with Crippen molar-refractivity contribution in [2.45, 2.75) is 45.3 Å². The summed E-state index contributed by atoms with van der Waals surface area (Å²) in [6, 6.07) is 5.80. The highest BCUT2D eigenvalue weighted by Gasteiger charge is 2.41. The third kappa shape index (κ3) is 5.66. The van der Waals surface area contributed by atoms with Crippen LogP contribution in [-0.2, 0) is 14.3 Å². The number of methoxy groups -OCH3 is 1. The smallest absolute Gasteiger partial charge is 0.410 e. The van der Waals surface area contributed by atoms with Gasteiger partial charge in [-0.3, -0.25) is 14.9 Å². The molecule has 1 aromatic rings. The number of amides is 1. The van der Waals surface area contributed by atoms with Crippen molar-refractivity contribution < 1.29 is 29.1 Å². The van der Waals surface area contributed by atoms with Gasteiger partial charge in [0.05, 0.1) is 29.6 Å². The van der Waals surface area contributed by atoms with Gasteiger partial charge in [0.15, 0.2) is 0 Å². The summed E-state index contributed by atoms with van der Waals surface area (Å²) in [6.45, 7) is 6.07. The molecule has 1 amide bonds. The molecule has 9 nitrogen and oxygen atoms in total. The molecule has 1 saturated heterocycles. The van der Waals surface area contributed by atoms with Crippen molar-refractivity contribution in [3.63, 3.8) is 0 Å². The molecule has 1 aliphatic rings. The van der Waals surface area contributed by atoms with Crippen molar-refractivity contribution in [3.05, 3.63) is 39.9 Å². The minimum absolute atomic E-state index is 0.0717. The van der Waals surface area contributed by atoms with E-state index >= 15 is 0 Å². The Balaban J connectivity index is 2.18. The second-order valence-corrected chi connectivity index (χ2v) is 8.11. The molecule has 0 bridgehead atoms. The molecular weight excluding hydrogens is 380 g/mol. The van der Waals surface area contributed by atoms with Gasteiger partial charge in [-0.05, 0) is 45.6 Å². The van der Waals surface area contributed by atoms with Crippen LogP contribution in [0, 0.1) is 22.0 Å². The Morgan fingerprint density at radius 2 is 1.83 bits per heavy atom. The first-order valence-corrected chi connectivity index (χ1v) is 9.52. The molecular formula is C20H28N2O7. The Morgan fingerprint density at radius 3 is 2.34 bits per heavy atom. The molecule has 1 fully saturated rings. The lowest BCUT2D eigenvalue weighted by atomic mass is 9.78. The van der Waals surface area contributed by atoms with E-state index in [9.17, 15) is 24.8 Å². The van der Waals surface area contributed by atoms with Gasteiger partial charge in [-0.15, -0.1) is 0 Å². The number of likely N-dealkylation sites (tertiary alicyclic amines) is 1. The lowest BCUT2D eigenvalue weighted by Crippen LogP contribution is -2.44. The number of benzene rings is 1. The number of nitro groups is 1. The molecule has 0 saturated carbocycles. The van der Waals surface area contributed by atoms with Crippen LogP contribution in [-0.4, -0.2) is 52.8 Å². The van der Waals surface area contributed by atoms with Crippen molar-refractivity contribution in [1.29, 1.82) is 0 Å². The van der Waals surface area contributed by atoms with Crippen LogP contribution in [0.15, 0.2) is 24.3 Å². The van der Waals surface area contributed by atoms with Crippen LogP contribution in [0.4, 0.5) is 10.5 Å². The van der Waals surface area contributed by atoms with Crippen LogP contribution < -0.4 is 0 Å². The van der Waals surface area contributed by atoms with Crippen LogP contribution in [0.2, 0.25) is 0 Å². The number of piperidine rings is 1. The summed E-state index contributed by atoms with van der Waals surface area (Å²) in [4.78, 5) is 37.0. The van der Waals surface area contributed by atoms with Gasteiger partial charge in [0.25, 0.3) is 5.69 Å². The standard InChI is InChI=1S/C20H28N2O7/c1-20(2,3)29-19(25)21-11-9-13(10-12-21)16(18(24)28-4)17(23)14-7-5-6-8-15(14)22(26)27/h5-8,13,16-17,23H,9-12H2,1-4H3/t16-,17-/m1/s1. The van der Waals surface area contributed by atoms with E-state index in [1.54, 1.807) is 31.7 Å². The van der Waals surface area contributed by atoms with Gasteiger partial charge in [0.1, 0.15) is 5.60 Å². The number of aliphatic hydroxyl groups excluding tert-OH is 1. The summed E-state index contributed by atoms with van der Waals surface area (Å²) in [5.41, 5.74) is -0.784. The second kappa shape index (κ2) is 9.21. The number of nitro benzene ring substituents is 1. The number of rotatable bonds is 5. The fourth-order valence-electron chi connectivity index (χ4n) is 3.58. The molecule has 0 radical (unpaired) electrons. The Hall–Kier alpha value is -2.68. The van der Waals surface area contributed by atoms with E-state index in [1.807, 2.05) is 0 Å².